The third-order valence-corrected chi connectivity index (χ3v) is 5.52. The van der Waals surface area contributed by atoms with Crippen LogP contribution < -0.4 is 0 Å². The lowest BCUT2D eigenvalue weighted by atomic mass is 10.6. The van der Waals surface area contributed by atoms with Gasteiger partial charge in [0, 0.05) is 0 Å². The van der Waals surface area contributed by atoms with Crippen LogP contribution in [0.3, 0.4) is 0 Å². The van der Waals surface area contributed by atoms with E-state index in [4.69, 9.17) is 29.4 Å². The third kappa shape index (κ3) is 6.04. The van der Waals surface area contributed by atoms with Gasteiger partial charge in [-0.3, -0.25) is 18.6 Å². The van der Waals surface area contributed by atoms with E-state index in [1.807, 2.05) is 0 Å². The van der Waals surface area contributed by atoms with Gasteiger partial charge in [0.1, 0.15) is 17.9 Å². The highest BCUT2D eigenvalue weighted by Gasteiger charge is 2.42. The molecule has 0 aliphatic carbocycles. The summed E-state index contributed by atoms with van der Waals surface area (Å²) in [6.45, 7) is 1.87. The minimum Gasteiger partial charge on any atom is -0.324 e. The minimum absolute atomic E-state index is 0.419. The molecule has 0 aromatic rings. The largest absolute Gasteiger partial charge is 0.342 e. The first-order valence-corrected chi connectivity index (χ1v) is 9.73. The van der Waals surface area contributed by atoms with Crippen molar-refractivity contribution in [2.24, 2.45) is 0 Å². The fourth-order valence-corrected chi connectivity index (χ4v) is 3.76. The molecule has 0 spiro atoms. The van der Waals surface area contributed by atoms with Crippen LogP contribution in [-0.4, -0.2) is 52.1 Å². The molecule has 0 aromatic heterocycles. The molecule has 110 valence electrons. The van der Waals surface area contributed by atoms with Gasteiger partial charge in [-0.15, -0.1) is 0 Å². The molecule has 0 fully saturated rings. The summed E-state index contributed by atoms with van der Waals surface area (Å²) in [5.41, 5.74) is 0. The van der Waals surface area contributed by atoms with Crippen molar-refractivity contribution in [2.45, 2.75) is 25.4 Å². The second-order valence-corrected chi connectivity index (χ2v) is 9.23. The van der Waals surface area contributed by atoms with Crippen LogP contribution in [0.5, 0.6) is 0 Å². The van der Waals surface area contributed by atoms with Gasteiger partial charge in [-0.05, 0) is 13.8 Å². The van der Waals surface area contributed by atoms with Crippen molar-refractivity contribution in [2.75, 3.05) is 6.29 Å². The maximum atomic E-state index is 11.0. The predicted molar refractivity (Wildman–Crippen MR) is 61.8 cm³/mol. The fourth-order valence-electron chi connectivity index (χ4n) is 1.15. The Kier molecular flexibility index (Phi) is 5.94. The number of hydrogen-bond donors (Lipinski definition) is 6. The van der Waals surface area contributed by atoms with Crippen LogP contribution >= 0.6 is 22.8 Å². The van der Waals surface area contributed by atoms with E-state index in [1.54, 1.807) is 0 Å². The van der Waals surface area contributed by atoms with Crippen LogP contribution in [0.1, 0.15) is 13.8 Å². The summed E-state index contributed by atoms with van der Waals surface area (Å²) < 4.78 is 32.9. The topological polar surface area (TPSA) is 176 Å². The summed E-state index contributed by atoms with van der Waals surface area (Å²) in [5.74, 6) is -3.46. The normalized spacial score (nSPS) is 17.8. The zero-order valence-corrected chi connectivity index (χ0v) is 12.2. The minimum atomic E-state index is -4.78. The molecule has 0 aliphatic rings. The van der Waals surface area contributed by atoms with E-state index in [1.165, 1.54) is 0 Å². The molecule has 2 unspecified atom stereocenters. The van der Waals surface area contributed by atoms with E-state index in [0.717, 1.165) is 13.8 Å². The van der Waals surface area contributed by atoms with E-state index in [0.29, 0.717) is 4.90 Å². The maximum Gasteiger partial charge on any atom is 0.342 e. The highest BCUT2D eigenvalue weighted by molar-refractivity contribution is 7.54. The zero-order chi connectivity index (χ0) is 14.9. The number of nitrogens with zero attached hydrogens (tertiary/aromatic N) is 1. The molecule has 0 saturated carbocycles. The fraction of sp³-hybridized carbons (Fsp3) is 1.00. The van der Waals surface area contributed by atoms with Crippen molar-refractivity contribution in [3.63, 3.8) is 0 Å². The monoisotopic (exact) mass is 327 g/mol. The van der Waals surface area contributed by atoms with Crippen molar-refractivity contribution in [1.29, 1.82) is 0 Å². The third-order valence-electron chi connectivity index (χ3n) is 2.28. The van der Waals surface area contributed by atoms with Crippen LogP contribution in [0.15, 0.2) is 0 Å². The second kappa shape index (κ2) is 5.81. The van der Waals surface area contributed by atoms with Gasteiger partial charge in [-0.25, -0.2) is 0 Å². The van der Waals surface area contributed by atoms with Gasteiger partial charge in [-0.1, -0.05) is 0 Å². The van der Waals surface area contributed by atoms with Gasteiger partial charge in [-0.2, -0.15) is 0 Å². The first-order valence-electron chi connectivity index (χ1n) is 4.57. The SMILES string of the molecule is CC(N(CP(=O)(O)O)C(C)P(=O)(O)O)P(=O)(O)O. The molecule has 0 radical (unpaired) electrons. The van der Waals surface area contributed by atoms with Crippen molar-refractivity contribution in [3.05, 3.63) is 0 Å². The molecule has 2 atom stereocenters. The van der Waals surface area contributed by atoms with Crippen LogP contribution in [0.25, 0.3) is 0 Å². The summed E-state index contributed by atoms with van der Waals surface area (Å²) in [6, 6.07) is 0. The van der Waals surface area contributed by atoms with Gasteiger partial charge in [0.2, 0.25) is 0 Å². The number of rotatable bonds is 6. The molecule has 0 aliphatic heterocycles. The van der Waals surface area contributed by atoms with Gasteiger partial charge >= 0.3 is 22.8 Å². The lowest BCUT2D eigenvalue weighted by Gasteiger charge is -2.34. The van der Waals surface area contributed by atoms with Gasteiger partial charge in [0.25, 0.3) is 0 Å². The van der Waals surface area contributed by atoms with Crippen molar-refractivity contribution < 1.29 is 43.1 Å². The Morgan fingerprint density at radius 3 is 1.28 bits per heavy atom. The van der Waals surface area contributed by atoms with E-state index >= 15 is 0 Å². The van der Waals surface area contributed by atoms with Crippen molar-refractivity contribution >= 4 is 22.8 Å². The first kappa shape index (κ1) is 18.4. The van der Waals surface area contributed by atoms with Crippen molar-refractivity contribution in [3.8, 4) is 0 Å². The number of hydrogen-bond acceptors (Lipinski definition) is 4. The standard InChI is InChI=1S/C5H16NO9P3/c1-4(17(10,11)12)6(3-16(7,8)9)5(2)18(13,14)15/h4-5H,3H2,1-2H3,(H2,7,8,9)(H2,10,11,12)(H2,13,14,15). The molecular formula is C5H16NO9P3. The summed E-state index contributed by atoms with van der Waals surface area (Å²) in [6.07, 6.45) is -1.16. The Hall–Kier alpha value is 0.410. The molecule has 18 heavy (non-hydrogen) atoms. The molecule has 0 saturated heterocycles. The van der Waals surface area contributed by atoms with Crippen molar-refractivity contribution in [1.82, 2.24) is 4.90 Å². The summed E-state index contributed by atoms with van der Waals surface area (Å²) >= 11 is 0. The lowest BCUT2D eigenvalue weighted by Crippen LogP contribution is -2.40. The highest BCUT2D eigenvalue weighted by atomic mass is 31.2. The Morgan fingerprint density at radius 1 is 0.833 bits per heavy atom. The summed E-state index contributed by atoms with van der Waals surface area (Å²) in [7, 11) is -14.3. The Balaban J connectivity index is 5.39. The molecule has 0 bridgehead atoms. The van der Waals surface area contributed by atoms with Crippen LogP contribution in [0.2, 0.25) is 0 Å². The molecule has 10 nitrogen and oxygen atoms in total. The molecule has 13 heteroatoms. The van der Waals surface area contributed by atoms with E-state index in [2.05, 4.69) is 0 Å². The van der Waals surface area contributed by atoms with E-state index in [9.17, 15) is 13.7 Å². The Bertz CT molecular complexity index is 392. The van der Waals surface area contributed by atoms with Crippen LogP contribution in [0, 0.1) is 0 Å². The summed E-state index contributed by atoms with van der Waals surface area (Å²) in [4.78, 5) is 53.7. The van der Waals surface area contributed by atoms with Gasteiger partial charge in [0.05, 0.1) is 0 Å². The van der Waals surface area contributed by atoms with Gasteiger partial charge in [0.15, 0.2) is 0 Å². The Labute approximate surface area is 103 Å². The molecular weight excluding hydrogens is 311 g/mol. The molecule has 0 amide bonds. The highest BCUT2D eigenvalue weighted by Crippen LogP contribution is 2.52. The lowest BCUT2D eigenvalue weighted by molar-refractivity contribution is 0.201. The quantitative estimate of drug-likeness (QED) is 0.348. The smallest absolute Gasteiger partial charge is 0.324 e. The maximum absolute atomic E-state index is 11.0. The summed E-state index contributed by atoms with van der Waals surface area (Å²) in [5, 5.41) is 0. The molecule has 0 heterocycles. The second-order valence-electron chi connectivity index (χ2n) is 3.76. The molecule has 0 rings (SSSR count). The zero-order valence-electron chi connectivity index (χ0n) is 9.56. The molecule has 0 aromatic carbocycles. The molecule has 6 N–H and O–H groups in total. The Morgan fingerprint density at radius 2 is 1.11 bits per heavy atom. The predicted octanol–water partition coefficient (Wildman–Crippen LogP) is -0.529. The van der Waals surface area contributed by atoms with E-state index in [-0.39, 0.29) is 0 Å². The van der Waals surface area contributed by atoms with Gasteiger partial charge < -0.3 is 29.4 Å². The van der Waals surface area contributed by atoms with Crippen LogP contribution in [0.4, 0.5) is 0 Å². The van der Waals surface area contributed by atoms with E-state index < -0.39 is 40.6 Å². The average molecular weight is 327 g/mol. The average Bonchev–Trinajstić information content (AvgIpc) is 2.07. The first-order chi connectivity index (χ1) is 7.66. The van der Waals surface area contributed by atoms with Crippen LogP contribution in [-0.2, 0) is 13.7 Å².